The first-order valence-electron chi connectivity index (χ1n) is 4.73. The summed E-state index contributed by atoms with van der Waals surface area (Å²) < 4.78 is 2.14. The van der Waals surface area contributed by atoms with E-state index in [0.717, 1.165) is 19.8 Å². The number of nitrogens with one attached hydrogen (secondary N) is 1. The van der Waals surface area contributed by atoms with Crippen molar-refractivity contribution in [2.75, 3.05) is 11.9 Å². The van der Waals surface area contributed by atoms with Gasteiger partial charge in [-0.25, -0.2) is 4.98 Å². The van der Waals surface area contributed by atoms with Crippen molar-refractivity contribution in [2.45, 2.75) is 6.42 Å². The van der Waals surface area contributed by atoms with Gasteiger partial charge in [0, 0.05) is 17.4 Å². The number of amides is 1. The zero-order valence-electron chi connectivity index (χ0n) is 8.37. The van der Waals surface area contributed by atoms with Gasteiger partial charge in [0.05, 0.1) is 10.2 Å². The first-order valence-corrected chi connectivity index (χ1v) is 6.34. The SMILES string of the molecule is NC(=O)CCNc1nc2ccc(Br)cc2s1. The second-order valence-corrected chi connectivity index (χ2v) is 5.22. The van der Waals surface area contributed by atoms with Crippen LogP contribution in [0.15, 0.2) is 22.7 Å². The Kier molecular flexibility index (Phi) is 3.40. The Balaban J connectivity index is 2.10. The van der Waals surface area contributed by atoms with Crippen molar-refractivity contribution in [3.05, 3.63) is 22.7 Å². The highest BCUT2D eigenvalue weighted by atomic mass is 79.9. The molecule has 0 aliphatic heterocycles. The average Bonchev–Trinajstić information content (AvgIpc) is 2.58. The minimum absolute atomic E-state index is 0.309. The Morgan fingerprint density at radius 3 is 3.12 bits per heavy atom. The van der Waals surface area contributed by atoms with Crippen LogP contribution in [-0.4, -0.2) is 17.4 Å². The standard InChI is InChI=1S/C10H10BrN3OS/c11-6-1-2-7-8(5-6)16-10(14-7)13-4-3-9(12)15/h1-2,5H,3-4H2,(H2,12,15)(H,13,14). The maximum atomic E-state index is 10.6. The number of carbonyl (C=O) groups excluding carboxylic acids is 1. The summed E-state index contributed by atoms with van der Waals surface area (Å²) in [5.41, 5.74) is 6.00. The van der Waals surface area contributed by atoms with E-state index in [0.29, 0.717) is 13.0 Å². The molecule has 2 aromatic rings. The molecule has 0 bridgehead atoms. The van der Waals surface area contributed by atoms with Gasteiger partial charge in [-0.1, -0.05) is 27.3 Å². The minimum Gasteiger partial charge on any atom is -0.370 e. The first-order chi connectivity index (χ1) is 7.65. The number of benzene rings is 1. The Morgan fingerprint density at radius 1 is 1.56 bits per heavy atom. The van der Waals surface area contributed by atoms with Gasteiger partial charge in [0.1, 0.15) is 0 Å². The fraction of sp³-hybridized carbons (Fsp3) is 0.200. The van der Waals surface area contributed by atoms with Crippen LogP contribution in [0.25, 0.3) is 10.2 Å². The molecule has 0 saturated heterocycles. The van der Waals surface area contributed by atoms with E-state index in [1.54, 1.807) is 11.3 Å². The van der Waals surface area contributed by atoms with Crippen LogP contribution in [0, 0.1) is 0 Å². The molecule has 0 aliphatic carbocycles. The smallest absolute Gasteiger partial charge is 0.219 e. The summed E-state index contributed by atoms with van der Waals surface area (Å²) in [7, 11) is 0. The summed E-state index contributed by atoms with van der Waals surface area (Å²) in [6.45, 7) is 0.524. The molecule has 1 amide bonds. The Bertz CT molecular complexity index is 526. The summed E-state index contributed by atoms with van der Waals surface area (Å²) >= 11 is 4.97. The fourth-order valence-electron chi connectivity index (χ4n) is 1.27. The summed E-state index contributed by atoms with van der Waals surface area (Å²) in [5.74, 6) is -0.309. The number of fused-ring (bicyclic) bond motifs is 1. The van der Waals surface area contributed by atoms with E-state index in [4.69, 9.17) is 5.73 Å². The number of anilines is 1. The van der Waals surface area contributed by atoms with Gasteiger partial charge in [-0.05, 0) is 18.2 Å². The lowest BCUT2D eigenvalue weighted by molar-refractivity contribution is -0.117. The number of thiazole rings is 1. The monoisotopic (exact) mass is 299 g/mol. The van der Waals surface area contributed by atoms with Gasteiger partial charge in [-0.15, -0.1) is 0 Å². The molecule has 0 fully saturated rings. The maximum absolute atomic E-state index is 10.6. The Labute approximate surface area is 105 Å². The van der Waals surface area contributed by atoms with Crippen molar-refractivity contribution in [3.8, 4) is 0 Å². The molecule has 1 heterocycles. The number of nitrogens with zero attached hydrogens (tertiary/aromatic N) is 1. The second-order valence-electron chi connectivity index (χ2n) is 3.27. The van der Waals surface area contributed by atoms with Crippen molar-refractivity contribution < 1.29 is 4.79 Å². The summed E-state index contributed by atoms with van der Waals surface area (Å²) in [6.07, 6.45) is 0.319. The van der Waals surface area contributed by atoms with Gasteiger partial charge in [-0.2, -0.15) is 0 Å². The maximum Gasteiger partial charge on any atom is 0.219 e. The Hall–Kier alpha value is -1.14. The zero-order chi connectivity index (χ0) is 11.5. The average molecular weight is 300 g/mol. The molecule has 0 unspecified atom stereocenters. The predicted octanol–water partition coefficient (Wildman–Crippen LogP) is 2.35. The number of carbonyl (C=O) groups is 1. The van der Waals surface area contributed by atoms with Crippen molar-refractivity contribution in [1.29, 1.82) is 0 Å². The van der Waals surface area contributed by atoms with E-state index < -0.39 is 0 Å². The topological polar surface area (TPSA) is 68.0 Å². The summed E-state index contributed by atoms with van der Waals surface area (Å²) in [4.78, 5) is 15.0. The van der Waals surface area contributed by atoms with Crippen LogP contribution >= 0.6 is 27.3 Å². The third kappa shape index (κ3) is 2.70. The molecule has 84 valence electrons. The molecule has 0 aliphatic rings. The van der Waals surface area contributed by atoms with Gasteiger partial charge in [0.15, 0.2) is 5.13 Å². The van der Waals surface area contributed by atoms with Gasteiger partial charge in [0.2, 0.25) is 5.91 Å². The molecule has 6 heteroatoms. The highest BCUT2D eigenvalue weighted by molar-refractivity contribution is 9.10. The molecule has 0 atom stereocenters. The van der Waals surface area contributed by atoms with Crippen LogP contribution in [0.5, 0.6) is 0 Å². The third-order valence-corrected chi connectivity index (χ3v) is 3.47. The number of rotatable bonds is 4. The molecule has 0 spiro atoms. The van der Waals surface area contributed by atoms with Crippen molar-refractivity contribution in [1.82, 2.24) is 4.98 Å². The molecule has 0 radical (unpaired) electrons. The van der Waals surface area contributed by atoms with Gasteiger partial charge in [-0.3, -0.25) is 4.79 Å². The molecular formula is C10H10BrN3OS. The zero-order valence-corrected chi connectivity index (χ0v) is 10.8. The quantitative estimate of drug-likeness (QED) is 0.910. The van der Waals surface area contributed by atoms with Gasteiger partial charge < -0.3 is 11.1 Å². The lowest BCUT2D eigenvalue weighted by Crippen LogP contribution is -2.15. The molecular weight excluding hydrogens is 290 g/mol. The fourth-order valence-corrected chi connectivity index (χ4v) is 2.71. The number of hydrogen-bond acceptors (Lipinski definition) is 4. The second kappa shape index (κ2) is 4.80. The van der Waals surface area contributed by atoms with Crippen LogP contribution in [0.4, 0.5) is 5.13 Å². The molecule has 4 nitrogen and oxygen atoms in total. The Morgan fingerprint density at radius 2 is 2.38 bits per heavy atom. The van der Waals surface area contributed by atoms with Crippen LogP contribution < -0.4 is 11.1 Å². The van der Waals surface area contributed by atoms with E-state index in [1.165, 1.54) is 0 Å². The lowest BCUT2D eigenvalue weighted by Gasteiger charge is -1.97. The normalized spacial score (nSPS) is 10.6. The van der Waals surface area contributed by atoms with Gasteiger partial charge in [0.25, 0.3) is 0 Å². The largest absolute Gasteiger partial charge is 0.370 e. The highest BCUT2D eigenvalue weighted by Crippen LogP contribution is 2.28. The molecule has 2 rings (SSSR count). The first kappa shape index (κ1) is 11.3. The molecule has 3 N–H and O–H groups in total. The molecule has 1 aromatic carbocycles. The van der Waals surface area contributed by atoms with Gasteiger partial charge >= 0.3 is 0 Å². The van der Waals surface area contributed by atoms with Crippen molar-refractivity contribution in [2.24, 2.45) is 5.73 Å². The highest BCUT2D eigenvalue weighted by Gasteiger charge is 2.03. The van der Waals surface area contributed by atoms with Crippen LogP contribution in [0.2, 0.25) is 0 Å². The predicted molar refractivity (Wildman–Crippen MR) is 69.6 cm³/mol. The number of nitrogens with two attached hydrogens (primary N) is 1. The lowest BCUT2D eigenvalue weighted by atomic mass is 10.3. The summed E-state index contributed by atoms with van der Waals surface area (Å²) in [6, 6.07) is 5.93. The van der Waals surface area contributed by atoms with E-state index >= 15 is 0 Å². The van der Waals surface area contributed by atoms with E-state index in [-0.39, 0.29) is 5.91 Å². The number of primary amides is 1. The molecule has 16 heavy (non-hydrogen) atoms. The van der Waals surface area contributed by atoms with Crippen molar-refractivity contribution in [3.63, 3.8) is 0 Å². The minimum atomic E-state index is -0.309. The van der Waals surface area contributed by atoms with Crippen molar-refractivity contribution >= 4 is 48.5 Å². The van der Waals surface area contributed by atoms with E-state index in [2.05, 4.69) is 26.2 Å². The summed E-state index contributed by atoms with van der Waals surface area (Å²) in [5, 5.41) is 3.89. The molecule has 1 aromatic heterocycles. The van der Waals surface area contributed by atoms with Crippen LogP contribution in [-0.2, 0) is 4.79 Å². The van der Waals surface area contributed by atoms with Crippen LogP contribution in [0.3, 0.4) is 0 Å². The molecule has 0 saturated carbocycles. The number of hydrogen-bond donors (Lipinski definition) is 2. The number of aromatic nitrogens is 1. The number of halogens is 1. The van der Waals surface area contributed by atoms with E-state index in [1.807, 2.05) is 18.2 Å². The van der Waals surface area contributed by atoms with Crippen LogP contribution in [0.1, 0.15) is 6.42 Å². The van der Waals surface area contributed by atoms with E-state index in [9.17, 15) is 4.79 Å². The third-order valence-electron chi connectivity index (χ3n) is 2.00.